The van der Waals surface area contributed by atoms with Gasteiger partial charge in [-0.05, 0) is 43.4 Å². The van der Waals surface area contributed by atoms with Crippen LogP contribution in [0.5, 0.6) is 0 Å². The number of hydrogen-bond donors (Lipinski definition) is 0. The van der Waals surface area contributed by atoms with Crippen LogP contribution in [0.15, 0.2) is 0 Å². The summed E-state index contributed by atoms with van der Waals surface area (Å²) >= 11 is 0. The van der Waals surface area contributed by atoms with Crippen molar-refractivity contribution in [3.05, 3.63) is 0 Å². The molecular formula is C20H36O4. The van der Waals surface area contributed by atoms with E-state index in [1.165, 1.54) is 6.42 Å². The number of hydrogen-bond acceptors (Lipinski definition) is 4. The smallest absolute Gasteiger partial charge is 0.306 e. The summed E-state index contributed by atoms with van der Waals surface area (Å²) in [4.78, 5) is 23.5. The number of carbonyl (C=O) groups is 2. The molecule has 0 N–H and O–H groups in total. The number of carbonyl (C=O) groups excluding carboxylic acids is 2. The normalized spacial score (nSPS) is 21.3. The van der Waals surface area contributed by atoms with Gasteiger partial charge in [-0.1, -0.05) is 47.0 Å². The second-order valence-corrected chi connectivity index (χ2v) is 8.11. The summed E-state index contributed by atoms with van der Waals surface area (Å²) in [6.45, 7) is 9.44. The number of rotatable bonds is 9. The van der Waals surface area contributed by atoms with E-state index in [0.717, 1.165) is 44.9 Å². The van der Waals surface area contributed by atoms with E-state index >= 15 is 0 Å². The molecule has 0 radical (unpaired) electrons. The molecule has 0 aromatic carbocycles. The van der Waals surface area contributed by atoms with Crippen LogP contribution in [0.1, 0.15) is 91.9 Å². The van der Waals surface area contributed by atoms with Gasteiger partial charge >= 0.3 is 11.9 Å². The second kappa shape index (κ2) is 10.7. The highest BCUT2D eigenvalue weighted by atomic mass is 16.5. The van der Waals surface area contributed by atoms with Crippen molar-refractivity contribution in [3.8, 4) is 0 Å². The Labute approximate surface area is 147 Å². The molecule has 0 aromatic rings. The predicted molar refractivity (Wildman–Crippen MR) is 95.6 cm³/mol. The maximum atomic E-state index is 11.9. The second-order valence-electron chi connectivity index (χ2n) is 8.11. The predicted octanol–water partition coefficient (Wildman–Crippen LogP) is 5.04. The van der Waals surface area contributed by atoms with Crippen molar-refractivity contribution in [2.24, 2.45) is 11.3 Å². The Hall–Kier alpha value is -1.06. The molecule has 4 nitrogen and oxygen atoms in total. The molecule has 1 saturated carbocycles. The maximum Gasteiger partial charge on any atom is 0.306 e. The molecule has 0 bridgehead atoms. The lowest BCUT2D eigenvalue weighted by Crippen LogP contribution is -2.30. The molecule has 0 amide bonds. The summed E-state index contributed by atoms with van der Waals surface area (Å²) in [6.07, 6.45) is 8.72. The van der Waals surface area contributed by atoms with Crippen LogP contribution < -0.4 is 0 Å². The van der Waals surface area contributed by atoms with Crippen LogP contribution in [0.4, 0.5) is 0 Å². The third kappa shape index (κ3) is 8.70. The van der Waals surface area contributed by atoms with Gasteiger partial charge in [0.1, 0.15) is 6.10 Å². The van der Waals surface area contributed by atoms with Gasteiger partial charge in [0.25, 0.3) is 0 Å². The molecule has 1 aliphatic carbocycles. The fourth-order valence-corrected chi connectivity index (χ4v) is 3.28. The summed E-state index contributed by atoms with van der Waals surface area (Å²) in [5.41, 5.74) is 0.329. The molecule has 24 heavy (non-hydrogen) atoms. The van der Waals surface area contributed by atoms with Crippen LogP contribution in [0.3, 0.4) is 0 Å². The highest BCUT2D eigenvalue weighted by Crippen LogP contribution is 2.38. The van der Waals surface area contributed by atoms with Gasteiger partial charge in [-0.25, -0.2) is 0 Å². The lowest BCUT2D eigenvalue weighted by atomic mass is 9.72. The van der Waals surface area contributed by atoms with E-state index in [9.17, 15) is 9.59 Å². The van der Waals surface area contributed by atoms with Gasteiger partial charge in [-0.15, -0.1) is 0 Å². The molecule has 0 heterocycles. The molecule has 0 aliphatic heterocycles. The molecule has 0 atom stereocenters. The van der Waals surface area contributed by atoms with Crippen LogP contribution in [0.2, 0.25) is 0 Å². The van der Waals surface area contributed by atoms with Gasteiger partial charge < -0.3 is 9.47 Å². The third-order valence-electron chi connectivity index (χ3n) is 4.99. The zero-order chi connectivity index (χ0) is 18.0. The van der Waals surface area contributed by atoms with Gasteiger partial charge in [-0.3, -0.25) is 9.59 Å². The van der Waals surface area contributed by atoms with E-state index in [-0.39, 0.29) is 30.9 Å². The Morgan fingerprint density at radius 2 is 1.54 bits per heavy atom. The molecular weight excluding hydrogens is 304 g/mol. The molecule has 1 fully saturated rings. The summed E-state index contributed by atoms with van der Waals surface area (Å²) in [7, 11) is 0. The van der Waals surface area contributed by atoms with Gasteiger partial charge in [0.15, 0.2) is 0 Å². The highest BCUT2D eigenvalue weighted by molar-refractivity contribution is 5.77. The van der Waals surface area contributed by atoms with Crippen LogP contribution in [-0.2, 0) is 19.1 Å². The quantitative estimate of drug-likeness (QED) is 0.436. The summed E-state index contributed by atoms with van der Waals surface area (Å²) in [5, 5.41) is 0. The number of esters is 2. The summed E-state index contributed by atoms with van der Waals surface area (Å²) in [5.74, 6) is 0.146. The van der Waals surface area contributed by atoms with E-state index in [1.807, 2.05) is 0 Å². The topological polar surface area (TPSA) is 52.6 Å². The first-order valence-corrected chi connectivity index (χ1v) is 9.68. The standard InChI is InChI=1S/C20H36O4/c1-5-6-7-8-15-23-18(21)13-14-19(22)24-17-11-9-16(10-12-17)20(2,3)4/h16-17H,5-15H2,1-4H3. The first-order valence-electron chi connectivity index (χ1n) is 9.68. The fraction of sp³-hybridized carbons (Fsp3) is 0.900. The van der Waals surface area contributed by atoms with Gasteiger partial charge in [-0.2, -0.15) is 0 Å². The van der Waals surface area contributed by atoms with Gasteiger partial charge in [0.05, 0.1) is 19.4 Å². The zero-order valence-electron chi connectivity index (χ0n) is 16.1. The SMILES string of the molecule is CCCCCCOC(=O)CCC(=O)OC1CCC(C(C)(C)C)CC1. The average molecular weight is 341 g/mol. The van der Waals surface area contributed by atoms with E-state index in [2.05, 4.69) is 27.7 Å². The minimum absolute atomic E-state index is 0.0289. The lowest BCUT2D eigenvalue weighted by molar-refractivity contribution is -0.155. The maximum absolute atomic E-state index is 11.9. The van der Waals surface area contributed by atoms with Crippen LogP contribution in [0.25, 0.3) is 0 Å². The van der Waals surface area contributed by atoms with Crippen molar-refractivity contribution in [3.63, 3.8) is 0 Å². The van der Waals surface area contributed by atoms with Crippen LogP contribution in [-0.4, -0.2) is 24.6 Å². The molecule has 0 saturated heterocycles. The van der Waals surface area contributed by atoms with Crippen LogP contribution in [0, 0.1) is 11.3 Å². The Balaban J connectivity index is 2.11. The molecule has 1 aliphatic rings. The zero-order valence-corrected chi connectivity index (χ0v) is 16.1. The average Bonchev–Trinajstić information content (AvgIpc) is 2.52. The number of unbranched alkanes of at least 4 members (excludes halogenated alkanes) is 3. The monoisotopic (exact) mass is 340 g/mol. The summed E-state index contributed by atoms with van der Waals surface area (Å²) < 4.78 is 10.6. The molecule has 140 valence electrons. The Bertz CT molecular complexity index is 376. The Morgan fingerprint density at radius 1 is 0.917 bits per heavy atom. The van der Waals surface area contributed by atoms with E-state index in [0.29, 0.717) is 17.9 Å². The fourth-order valence-electron chi connectivity index (χ4n) is 3.28. The highest BCUT2D eigenvalue weighted by Gasteiger charge is 2.31. The van der Waals surface area contributed by atoms with Crippen molar-refractivity contribution in [1.29, 1.82) is 0 Å². The molecule has 0 aromatic heterocycles. The Kier molecular flexibility index (Phi) is 9.38. The lowest BCUT2D eigenvalue weighted by Gasteiger charge is -2.36. The third-order valence-corrected chi connectivity index (χ3v) is 4.99. The minimum Gasteiger partial charge on any atom is -0.466 e. The van der Waals surface area contributed by atoms with Crippen molar-refractivity contribution in [2.75, 3.05) is 6.61 Å². The van der Waals surface area contributed by atoms with Gasteiger partial charge in [0.2, 0.25) is 0 Å². The molecule has 0 spiro atoms. The van der Waals surface area contributed by atoms with Gasteiger partial charge in [0, 0.05) is 0 Å². The Morgan fingerprint density at radius 3 is 2.12 bits per heavy atom. The molecule has 4 heteroatoms. The number of ether oxygens (including phenoxy) is 2. The van der Waals surface area contributed by atoms with Crippen molar-refractivity contribution < 1.29 is 19.1 Å². The first-order chi connectivity index (χ1) is 11.3. The largest absolute Gasteiger partial charge is 0.466 e. The minimum atomic E-state index is -0.292. The first kappa shape index (κ1) is 21.0. The molecule has 0 unspecified atom stereocenters. The van der Waals surface area contributed by atoms with E-state index in [4.69, 9.17) is 9.47 Å². The van der Waals surface area contributed by atoms with Crippen molar-refractivity contribution >= 4 is 11.9 Å². The van der Waals surface area contributed by atoms with Crippen molar-refractivity contribution in [1.82, 2.24) is 0 Å². The van der Waals surface area contributed by atoms with E-state index in [1.54, 1.807) is 0 Å². The summed E-state index contributed by atoms with van der Waals surface area (Å²) in [6, 6.07) is 0. The van der Waals surface area contributed by atoms with Crippen molar-refractivity contribution in [2.45, 2.75) is 98.0 Å². The molecule has 1 rings (SSSR count). The van der Waals surface area contributed by atoms with Crippen LogP contribution >= 0.6 is 0 Å². The van der Waals surface area contributed by atoms with E-state index < -0.39 is 0 Å².